The van der Waals surface area contributed by atoms with Gasteiger partial charge in [0.2, 0.25) is 0 Å². The smallest absolute Gasteiger partial charge is 0.254 e. The molecule has 1 N–H and O–H groups in total. The minimum atomic E-state index is -0.153. The van der Waals surface area contributed by atoms with Crippen molar-refractivity contribution in [3.05, 3.63) is 58.1 Å². The SMILES string of the molecule is CCOc1cc(C=NNC(=O)CN2CCOCC2)cc(Br)c1OCc1ccccc1. The van der Waals surface area contributed by atoms with Gasteiger partial charge in [0.05, 0.1) is 37.1 Å². The number of nitrogens with zero attached hydrogens (tertiary/aromatic N) is 2. The summed E-state index contributed by atoms with van der Waals surface area (Å²) in [5.74, 6) is 1.10. The van der Waals surface area contributed by atoms with Gasteiger partial charge in [0.1, 0.15) is 6.61 Å². The first-order chi connectivity index (χ1) is 14.7. The van der Waals surface area contributed by atoms with Gasteiger partial charge in [-0.25, -0.2) is 5.43 Å². The molecule has 30 heavy (non-hydrogen) atoms. The molecule has 1 aliphatic heterocycles. The van der Waals surface area contributed by atoms with Crippen LogP contribution in [0.1, 0.15) is 18.1 Å². The van der Waals surface area contributed by atoms with E-state index in [0.717, 1.165) is 28.7 Å². The number of nitrogens with one attached hydrogen (secondary N) is 1. The Balaban J connectivity index is 1.61. The molecule has 1 fully saturated rings. The quantitative estimate of drug-likeness (QED) is 0.445. The molecule has 7 nitrogen and oxygen atoms in total. The number of hydrogen-bond donors (Lipinski definition) is 1. The third-order valence-corrected chi connectivity index (χ3v) is 5.02. The van der Waals surface area contributed by atoms with Gasteiger partial charge in [0.15, 0.2) is 11.5 Å². The normalized spacial score (nSPS) is 14.6. The molecular formula is C22H26BrN3O4. The van der Waals surface area contributed by atoms with E-state index >= 15 is 0 Å². The number of rotatable bonds is 9. The van der Waals surface area contributed by atoms with Crippen LogP contribution in [0.4, 0.5) is 0 Å². The summed E-state index contributed by atoms with van der Waals surface area (Å²) in [6, 6.07) is 13.7. The Bertz CT molecular complexity index is 855. The second-order valence-electron chi connectivity index (χ2n) is 6.72. The molecule has 8 heteroatoms. The molecule has 1 aliphatic rings. The van der Waals surface area contributed by atoms with E-state index in [1.54, 1.807) is 6.21 Å². The van der Waals surface area contributed by atoms with Crippen molar-refractivity contribution in [1.29, 1.82) is 0 Å². The molecular weight excluding hydrogens is 450 g/mol. The first kappa shape index (κ1) is 22.3. The van der Waals surface area contributed by atoms with E-state index in [0.29, 0.717) is 44.5 Å². The summed E-state index contributed by atoms with van der Waals surface area (Å²) in [6.45, 7) is 5.99. The summed E-state index contributed by atoms with van der Waals surface area (Å²) in [4.78, 5) is 14.1. The fourth-order valence-corrected chi connectivity index (χ4v) is 3.55. The molecule has 0 atom stereocenters. The van der Waals surface area contributed by atoms with Gasteiger partial charge in [0, 0.05) is 13.1 Å². The first-order valence-corrected chi connectivity index (χ1v) is 10.7. The number of carbonyl (C=O) groups is 1. The molecule has 0 saturated carbocycles. The molecule has 160 valence electrons. The predicted molar refractivity (Wildman–Crippen MR) is 119 cm³/mol. The number of carbonyl (C=O) groups excluding carboxylic acids is 1. The molecule has 1 heterocycles. The zero-order valence-electron chi connectivity index (χ0n) is 17.0. The maximum absolute atomic E-state index is 12.1. The topological polar surface area (TPSA) is 72.4 Å². The van der Waals surface area contributed by atoms with Crippen LogP contribution in [0, 0.1) is 0 Å². The Hall–Kier alpha value is -2.42. The van der Waals surface area contributed by atoms with E-state index < -0.39 is 0 Å². The van der Waals surface area contributed by atoms with Gasteiger partial charge >= 0.3 is 0 Å². The number of hydrogen-bond acceptors (Lipinski definition) is 6. The van der Waals surface area contributed by atoms with Crippen LogP contribution in [-0.4, -0.2) is 56.5 Å². The molecule has 0 spiro atoms. The lowest BCUT2D eigenvalue weighted by molar-refractivity contribution is -0.123. The van der Waals surface area contributed by atoms with Crippen LogP contribution in [0.25, 0.3) is 0 Å². The van der Waals surface area contributed by atoms with Crippen molar-refractivity contribution in [2.24, 2.45) is 5.10 Å². The highest BCUT2D eigenvalue weighted by atomic mass is 79.9. The Labute approximate surface area is 185 Å². The fraction of sp³-hybridized carbons (Fsp3) is 0.364. The largest absolute Gasteiger partial charge is 0.490 e. The molecule has 2 aromatic carbocycles. The molecule has 0 aliphatic carbocycles. The number of halogens is 1. The number of morpholine rings is 1. The van der Waals surface area contributed by atoms with Crippen molar-refractivity contribution in [2.45, 2.75) is 13.5 Å². The van der Waals surface area contributed by atoms with Gasteiger partial charge in [-0.2, -0.15) is 5.10 Å². The minimum absolute atomic E-state index is 0.153. The summed E-state index contributed by atoms with van der Waals surface area (Å²) in [7, 11) is 0. The van der Waals surface area contributed by atoms with Crippen LogP contribution in [-0.2, 0) is 16.1 Å². The van der Waals surface area contributed by atoms with Crippen molar-refractivity contribution in [2.75, 3.05) is 39.5 Å². The molecule has 0 radical (unpaired) electrons. The van der Waals surface area contributed by atoms with Gasteiger partial charge in [-0.1, -0.05) is 30.3 Å². The number of amides is 1. The number of benzene rings is 2. The van der Waals surface area contributed by atoms with Gasteiger partial charge in [-0.05, 0) is 46.1 Å². The lowest BCUT2D eigenvalue weighted by Crippen LogP contribution is -2.42. The van der Waals surface area contributed by atoms with Crippen LogP contribution in [0.15, 0.2) is 52.0 Å². The van der Waals surface area contributed by atoms with Gasteiger partial charge in [0.25, 0.3) is 5.91 Å². The van der Waals surface area contributed by atoms with E-state index in [-0.39, 0.29) is 5.91 Å². The zero-order chi connectivity index (χ0) is 21.2. The third kappa shape index (κ3) is 6.83. The maximum atomic E-state index is 12.1. The molecule has 3 rings (SSSR count). The average Bonchev–Trinajstić information content (AvgIpc) is 2.75. The lowest BCUT2D eigenvalue weighted by atomic mass is 10.2. The number of hydrazone groups is 1. The molecule has 2 aromatic rings. The zero-order valence-corrected chi connectivity index (χ0v) is 18.6. The number of ether oxygens (including phenoxy) is 3. The van der Waals surface area contributed by atoms with Crippen molar-refractivity contribution in [1.82, 2.24) is 10.3 Å². The summed E-state index contributed by atoms with van der Waals surface area (Å²) >= 11 is 3.56. The van der Waals surface area contributed by atoms with E-state index in [1.165, 1.54) is 0 Å². The molecule has 0 aromatic heterocycles. The molecule has 1 amide bonds. The standard InChI is InChI=1S/C22H26BrN3O4/c1-2-29-20-13-18(14-24-25-21(27)15-26-8-10-28-11-9-26)12-19(23)22(20)30-16-17-6-4-3-5-7-17/h3-7,12-14H,2,8-11,15-16H2,1H3,(H,25,27). The predicted octanol–water partition coefficient (Wildman–Crippen LogP) is 3.21. The van der Waals surface area contributed by atoms with E-state index in [2.05, 4.69) is 26.5 Å². The van der Waals surface area contributed by atoms with Crippen LogP contribution in [0.2, 0.25) is 0 Å². The monoisotopic (exact) mass is 475 g/mol. The van der Waals surface area contributed by atoms with Crippen molar-refractivity contribution in [3.63, 3.8) is 0 Å². The van der Waals surface area contributed by atoms with Crippen LogP contribution in [0.3, 0.4) is 0 Å². The van der Waals surface area contributed by atoms with Crippen molar-refractivity contribution in [3.8, 4) is 11.5 Å². The van der Waals surface area contributed by atoms with E-state index in [4.69, 9.17) is 14.2 Å². The van der Waals surface area contributed by atoms with Gasteiger partial charge < -0.3 is 14.2 Å². The highest BCUT2D eigenvalue weighted by Crippen LogP contribution is 2.37. The maximum Gasteiger partial charge on any atom is 0.254 e. The van der Waals surface area contributed by atoms with Gasteiger partial charge in [-0.3, -0.25) is 9.69 Å². The summed E-state index contributed by atoms with van der Waals surface area (Å²) in [5, 5.41) is 4.07. The Morgan fingerprint density at radius 3 is 2.73 bits per heavy atom. The highest BCUT2D eigenvalue weighted by molar-refractivity contribution is 9.10. The third-order valence-electron chi connectivity index (χ3n) is 4.43. The lowest BCUT2D eigenvalue weighted by Gasteiger charge is -2.25. The second kappa shape index (κ2) is 11.7. The Morgan fingerprint density at radius 1 is 1.23 bits per heavy atom. The van der Waals surface area contributed by atoms with Crippen LogP contribution in [0.5, 0.6) is 11.5 Å². The Morgan fingerprint density at radius 2 is 2.00 bits per heavy atom. The van der Waals surface area contributed by atoms with Crippen LogP contribution >= 0.6 is 15.9 Å². The average molecular weight is 476 g/mol. The summed E-state index contributed by atoms with van der Waals surface area (Å²) < 4.78 is 17.8. The summed E-state index contributed by atoms with van der Waals surface area (Å²) in [6.07, 6.45) is 1.59. The molecule has 0 bridgehead atoms. The van der Waals surface area contributed by atoms with Gasteiger partial charge in [-0.15, -0.1) is 0 Å². The fourth-order valence-electron chi connectivity index (χ4n) is 2.97. The first-order valence-electron chi connectivity index (χ1n) is 9.90. The molecule has 1 saturated heterocycles. The summed E-state index contributed by atoms with van der Waals surface area (Å²) in [5.41, 5.74) is 4.42. The highest BCUT2D eigenvalue weighted by Gasteiger charge is 2.14. The molecule has 0 unspecified atom stereocenters. The second-order valence-corrected chi connectivity index (χ2v) is 7.57. The van der Waals surface area contributed by atoms with E-state index in [1.807, 2.05) is 54.3 Å². The van der Waals surface area contributed by atoms with E-state index in [9.17, 15) is 4.79 Å². The Kier molecular flexibility index (Phi) is 8.67. The van der Waals surface area contributed by atoms with Crippen LogP contribution < -0.4 is 14.9 Å². The van der Waals surface area contributed by atoms with Crippen molar-refractivity contribution >= 4 is 28.1 Å². The van der Waals surface area contributed by atoms with Crippen molar-refractivity contribution < 1.29 is 19.0 Å². The minimum Gasteiger partial charge on any atom is -0.490 e.